The Morgan fingerprint density at radius 3 is 1.55 bits per heavy atom. The SMILES string of the molecule is CC.CC.CCCC(=O)OC.CCCC(=O)OCc1ccccc1.CCCCC(=O)OCC. The van der Waals surface area contributed by atoms with Crippen molar-refractivity contribution >= 4 is 17.9 Å². The van der Waals surface area contributed by atoms with Crippen LogP contribution in [0.25, 0.3) is 0 Å². The fourth-order valence-electron chi connectivity index (χ4n) is 1.87. The summed E-state index contributed by atoms with van der Waals surface area (Å²) in [5, 5.41) is 0. The molecule has 6 nitrogen and oxygen atoms in total. The molecule has 0 aliphatic heterocycles. The van der Waals surface area contributed by atoms with Crippen molar-refractivity contribution in [2.75, 3.05) is 13.7 Å². The summed E-state index contributed by atoms with van der Waals surface area (Å²) in [6.07, 6.45) is 5.33. The molecular weight excluding hydrogens is 420 g/mol. The highest BCUT2D eigenvalue weighted by atomic mass is 16.5. The average molecular weight is 471 g/mol. The molecule has 1 aromatic rings. The van der Waals surface area contributed by atoms with Gasteiger partial charge in [0, 0.05) is 19.3 Å². The van der Waals surface area contributed by atoms with Crippen LogP contribution in [0.2, 0.25) is 0 Å². The van der Waals surface area contributed by atoms with E-state index in [0.29, 0.717) is 32.5 Å². The summed E-state index contributed by atoms with van der Waals surface area (Å²) in [5.41, 5.74) is 1.03. The van der Waals surface area contributed by atoms with Gasteiger partial charge in [-0.25, -0.2) is 0 Å². The Kier molecular flexibility index (Phi) is 39.4. The summed E-state index contributed by atoms with van der Waals surface area (Å²) < 4.78 is 14.1. The van der Waals surface area contributed by atoms with Crippen molar-refractivity contribution in [1.29, 1.82) is 0 Å². The smallest absolute Gasteiger partial charge is 0.306 e. The zero-order chi connectivity index (χ0) is 26.3. The number of carbonyl (C=O) groups excluding carboxylic acids is 3. The molecule has 1 aromatic carbocycles. The van der Waals surface area contributed by atoms with Crippen molar-refractivity contribution in [3.63, 3.8) is 0 Å². The standard InChI is InChI=1S/C11H14O2.C7H14O2.C5H10O2.2C2H6/c1-2-6-11(12)13-9-10-7-4-3-5-8-10;1-3-5-6-7(8)9-4-2;1-3-4-5(6)7-2;2*1-2/h3-5,7-8H,2,6,9H2,1H3;3-6H2,1-2H3;3-4H2,1-2H3;2*1-2H3. The lowest BCUT2D eigenvalue weighted by Gasteiger charge is -2.02. The lowest BCUT2D eigenvalue weighted by atomic mass is 10.2. The molecule has 0 radical (unpaired) electrons. The Bertz CT molecular complexity index is 529. The predicted octanol–water partition coefficient (Wildman–Crippen LogP) is 7.28. The Hall–Kier alpha value is -2.37. The minimum Gasteiger partial charge on any atom is -0.469 e. The number of rotatable bonds is 10. The van der Waals surface area contributed by atoms with Crippen molar-refractivity contribution in [2.24, 2.45) is 0 Å². The van der Waals surface area contributed by atoms with E-state index in [1.807, 2.05) is 78.8 Å². The van der Waals surface area contributed by atoms with E-state index in [0.717, 1.165) is 31.2 Å². The Morgan fingerprint density at radius 2 is 1.15 bits per heavy atom. The van der Waals surface area contributed by atoms with Gasteiger partial charge in [0.15, 0.2) is 0 Å². The number of unbranched alkanes of at least 4 members (excludes halogenated alkanes) is 1. The zero-order valence-corrected chi connectivity index (χ0v) is 22.7. The van der Waals surface area contributed by atoms with E-state index in [9.17, 15) is 14.4 Å². The molecule has 194 valence electrons. The van der Waals surface area contributed by atoms with E-state index in [2.05, 4.69) is 11.7 Å². The van der Waals surface area contributed by atoms with Crippen molar-refractivity contribution in [3.05, 3.63) is 35.9 Å². The van der Waals surface area contributed by atoms with Crippen molar-refractivity contribution in [3.8, 4) is 0 Å². The van der Waals surface area contributed by atoms with Crippen LogP contribution < -0.4 is 0 Å². The van der Waals surface area contributed by atoms with Crippen molar-refractivity contribution < 1.29 is 28.6 Å². The van der Waals surface area contributed by atoms with Crippen LogP contribution in [0.5, 0.6) is 0 Å². The highest BCUT2D eigenvalue weighted by Gasteiger charge is 2.00. The van der Waals surface area contributed by atoms with E-state index in [4.69, 9.17) is 9.47 Å². The normalized spacial score (nSPS) is 8.39. The molecular formula is C27H50O6. The van der Waals surface area contributed by atoms with Crippen LogP contribution in [0, 0.1) is 0 Å². The number of hydrogen-bond acceptors (Lipinski definition) is 6. The summed E-state index contributed by atoms with van der Waals surface area (Å²) in [6, 6.07) is 9.70. The summed E-state index contributed by atoms with van der Waals surface area (Å²) in [5.74, 6) is -0.312. The van der Waals surface area contributed by atoms with Gasteiger partial charge in [-0.05, 0) is 31.7 Å². The maximum atomic E-state index is 11.0. The highest BCUT2D eigenvalue weighted by Crippen LogP contribution is 2.02. The van der Waals surface area contributed by atoms with Gasteiger partial charge in [0.2, 0.25) is 0 Å². The van der Waals surface area contributed by atoms with E-state index in [-0.39, 0.29) is 17.9 Å². The molecule has 0 aliphatic rings. The van der Waals surface area contributed by atoms with Crippen molar-refractivity contribution in [1.82, 2.24) is 0 Å². The van der Waals surface area contributed by atoms with Gasteiger partial charge < -0.3 is 14.2 Å². The maximum absolute atomic E-state index is 11.0. The van der Waals surface area contributed by atoms with Crippen LogP contribution in [0.4, 0.5) is 0 Å². The fraction of sp³-hybridized carbons (Fsp3) is 0.667. The summed E-state index contributed by atoms with van der Waals surface area (Å²) in [4.78, 5) is 31.8. The van der Waals surface area contributed by atoms with Gasteiger partial charge >= 0.3 is 17.9 Å². The minimum absolute atomic E-state index is 0.0700. The molecule has 1 rings (SSSR count). The molecule has 0 spiro atoms. The Labute approximate surface area is 203 Å². The van der Waals surface area contributed by atoms with E-state index in [1.54, 1.807) is 0 Å². The van der Waals surface area contributed by atoms with Crippen LogP contribution in [0.1, 0.15) is 106 Å². The second-order valence-corrected chi connectivity index (χ2v) is 6.13. The third kappa shape index (κ3) is 34.4. The first-order valence-corrected chi connectivity index (χ1v) is 12.4. The minimum atomic E-state index is -0.123. The monoisotopic (exact) mass is 470 g/mol. The quantitative estimate of drug-likeness (QED) is 0.264. The van der Waals surface area contributed by atoms with Gasteiger partial charge in [-0.1, -0.05) is 85.2 Å². The topological polar surface area (TPSA) is 78.9 Å². The third-order valence-electron chi connectivity index (χ3n) is 3.42. The van der Waals surface area contributed by atoms with Crippen LogP contribution in [-0.2, 0) is 35.2 Å². The van der Waals surface area contributed by atoms with Crippen LogP contribution in [0.3, 0.4) is 0 Å². The largest absolute Gasteiger partial charge is 0.469 e. The summed E-state index contributed by atoms with van der Waals surface area (Å²) in [7, 11) is 1.40. The molecule has 0 N–H and O–H groups in total. The van der Waals surface area contributed by atoms with Gasteiger partial charge in [0.1, 0.15) is 6.61 Å². The molecule has 0 saturated carbocycles. The van der Waals surface area contributed by atoms with Crippen LogP contribution in [0.15, 0.2) is 30.3 Å². The molecule has 0 aromatic heterocycles. The van der Waals surface area contributed by atoms with Crippen LogP contribution >= 0.6 is 0 Å². The molecule has 0 atom stereocenters. The molecule has 0 amide bonds. The maximum Gasteiger partial charge on any atom is 0.306 e. The lowest BCUT2D eigenvalue weighted by Crippen LogP contribution is -2.03. The fourth-order valence-corrected chi connectivity index (χ4v) is 1.87. The first kappa shape index (κ1) is 37.9. The number of carbonyl (C=O) groups is 3. The third-order valence-corrected chi connectivity index (χ3v) is 3.42. The number of esters is 3. The zero-order valence-electron chi connectivity index (χ0n) is 22.7. The average Bonchev–Trinajstić information content (AvgIpc) is 2.86. The van der Waals surface area contributed by atoms with Gasteiger partial charge in [0.25, 0.3) is 0 Å². The van der Waals surface area contributed by atoms with E-state index >= 15 is 0 Å². The second-order valence-electron chi connectivity index (χ2n) is 6.13. The number of methoxy groups -OCH3 is 1. The van der Waals surface area contributed by atoms with E-state index < -0.39 is 0 Å². The second kappa shape index (κ2) is 34.2. The first-order valence-electron chi connectivity index (χ1n) is 12.4. The molecule has 0 fully saturated rings. The van der Waals surface area contributed by atoms with Gasteiger partial charge in [-0.2, -0.15) is 0 Å². The molecule has 0 bridgehead atoms. The molecule has 6 heteroatoms. The number of ether oxygens (including phenoxy) is 3. The molecule has 0 heterocycles. The highest BCUT2D eigenvalue weighted by molar-refractivity contribution is 5.69. The van der Waals surface area contributed by atoms with Crippen LogP contribution in [-0.4, -0.2) is 31.6 Å². The Balaban J connectivity index is -0.000000185. The molecule has 0 aliphatic carbocycles. The molecule has 0 unspecified atom stereocenters. The number of benzene rings is 1. The van der Waals surface area contributed by atoms with Gasteiger partial charge in [-0.3, -0.25) is 14.4 Å². The van der Waals surface area contributed by atoms with E-state index in [1.165, 1.54) is 7.11 Å². The first-order chi connectivity index (χ1) is 15.9. The van der Waals surface area contributed by atoms with Gasteiger partial charge in [0.05, 0.1) is 13.7 Å². The Morgan fingerprint density at radius 1 is 0.667 bits per heavy atom. The summed E-state index contributed by atoms with van der Waals surface area (Å²) >= 11 is 0. The van der Waals surface area contributed by atoms with Gasteiger partial charge in [-0.15, -0.1) is 0 Å². The number of hydrogen-bond donors (Lipinski definition) is 0. The summed E-state index contributed by atoms with van der Waals surface area (Å²) in [6.45, 7) is 16.7. The molecule has 33 heavy (non-hydrogen) atoms. The lowest BCUT2D eigenvalue weighted by molar-refractivity contribution is -0.145. The van der Waals surface area contributed by atoms with Crippen molar-refractivity contribution in [2.45, 2.75) is 107 Å². The molecule has 0 saturated heterocycles. The predicted molar refractivity (Wildman–Crippen MR) is 137 cm³/mol.